The van der Waals surface area contributed by atoms with Crippen LogP contribution in [-0.4, -0.2) is 51.7 Å². The van der Waals surface area contributed by atoms with Crippen LogP contribution in [0.15, 0.2) is 66.9 Å². The number of aromatic nitrogens is 1. The van der Waals surface area contributed by atoms with Crippen molar-refractivity contribution in [2.24, 2.45) is 5.73 Å². The van der Waals surface area contributed by atoms with Crippen LogP contribution >= 0.6 is 11.6 Å². The van der Waals surface area contributed by atoms with Crippen LogP contribution in [0.3, 0.4) is 0 Å². The first kappa shape index (κ1) is 31.2. The molecular weight excluding hydrogens is 605 g/mol. The summed E-state index contributed by atoms with van der Waals surface area (Å²) in [4.78, 5) is 64.2. The molecule has 1 aromatic heterocycles. The van der Waals surface area contributed by atoms with E-state index in [2.05, 4.69) is 10.6 Å². The molecule has 11 nitrogen and oxygen atoms in total. The molecule has 0 spiro atoms. The standard InChI is InChI=1S/C32H29ClFN5O6/c1-18(40)25-15-38(17-29(42)39(22-9-10-22)16-28(41)36-14-20-5-3-7-26(33)30(20)34)27-11-8-21(13-24(25)27)37-31(43)19-4-2-6-23(12-19)45-32(35)44/h2-8,11-13,15,22H,9-10,14,16-17H2,1H3,(H2,35,44)(H,36,41)(H,37,43). The molecule has 45 heavy (non-hydrogen) atoms. The van der Waals surface area contributed by atoms with Crippen molar-refractivity contribution in [1.29, 1.82) is 0 Å². The third-order valence-electron chi connectivity index (χ3n) is 7.27. The summed E-state index contributed by atoms with van der Waals surface area (Å²) in [5.74, 6) is -1.98. The van der Waals surface area contributed by atoms with E-state index < -0.39 is 23.7 Å². The summed E-state index contributed by atoms with van der Waals surface area (Å²) >= 11 is 5.82. The highest BCUT2D eigenvalue weighted by Crippen LogP contribution is 2.29. The highest BCUT2D eigenvalue weighted by molar-refractivity contribution is 6.30. The number of carbonyl (C=O) groups is 5. The summed E-state index contributed by atoms with van der Waals surface area (Å²) in [5.41, 5.74) is 6.82. The van der Waals surface area contributed by atoms with Gasteiger partial charge in [-0.2, -0.15) is 0 Å². The Balaban J connectivity index is 1.30. The second kappa shape index (κ2) is 13.2. The molecule has 3 aromatic carbocycles. The van der Waals surface area contributed by atoms with Gasteiger partial charge in [0.1, 0.15) is 18.1 Å². The number of ketones is 1. The molecule has 0 saturated heterocycles. The molecule has 1 saturated carbocycles. The van der Waals surface area contributed by atoms with Crippen molar-refractivity contribution in [1.82, 2.24) is 14.8 Å². The van der Waals surface area contributed by atoms with E-state index in [1.807, 2.05) is 0 Å². The van der Waals surface area contributed by atoms with Gasteiger partial charge < -0.3 is 30.6 Å². The van der Waals surface area contributed by atoms with Gasteiger partial charge in [-0.15, -0.1) is 0 Å². The van der Waals surface area contributed by atoms with Gasteiger partial charge in [0.2, 0.25) is 11.8 Å². The fourth-order valence-electron chi connectivity index (χ4n) is 4.94. The van der Waals surface area contributed by atoms with Crippen LogP contribution in [0.5, 0.6) is 5.75 Å². The van der Waals surface area contributed by atoms with Crippen LogP contribution in [0.25, 0.3) is 10.9 Å². The number of hydrogen-bond donors (Lipinski definition) is 3. The zero-order chi connectivity index (χ0) is 32.2. The summed E-state index contributed by atoms with van der Waals surface area (Å²) in [6.07, 6.45) is 2.09. The fraction of sp³-hybridized carbons (Fsp3) is 0.219. The first-order valence-corrected chi connectivity index (χ1v) is 14.4. The van der Waals surface area contributed by atoms with Crippen LogP contribution < -0.4 is 21.1 Å². The Labute approximate surface area is 262 Å². The molecule has 4 N–H and O–H groups in total. The van der Waals surface area contributed by atoms with Crippen molar-refractivity contribution in [3.63, 3.8) is 0 Å². The molecule has 1 heterocycles. The average molecular weight is 634 g/mol. The molecule has 4 amide bonds. The maximum Gasteiger partial charge on any atom is 0.409 e. The summed E-state index contributed by atoms with van der Waals surface area (Å²) in [6, 6.07) is 15.3. The Morgan fingerprint density at radius 2 is 1.82 bits per heavy atom. The SMILES string of the molecule is CC(=O)c1cn(CC(=O)N(CC(=O)NCc2cccc(Cl)c2F)C2CC2)c2ccc(NC(=O)c3cccc(OC(N)=O)c3)cc12. The normalized spacial score (nSPS) is 12.4. The number of ether oxygens (including phenoxy) is 1. The number of nitrogens with one attached hydrogen (secondary N) is 2. The van der Waals surface area contributed by atoms with Gasteiger partial charge in [0.25, 0.3) is 5.91 Å². The van der Waals surface area contributed by atoms with Crippen LogP contribution in [0, 0.1) is 5.82 Å². The van der Waals surface area contributed by atoms with Gasteiger partial charge in [-0.1, -0.05) is 29.8 Å². The van der Waals surface area contributed by atoms with Crippen molar-refractivity contribution in [2.75, 3.05) is 11.9 Å². The molecular formula is C32H29ClFN5O6. The summed E-state index contributed by atoms with van der Waals surface area (Å²) in [7, 11) is 0. The van der Waals surface area contributed by atoms with Crippen molar-refractivity contribution < 1.29 is 33.1 Å². The van der Waals surface area contributed by atoms with Crippen molar-refractivity contribution >= 4 is 57.8 Å². The zero-order valence-electron chi connectivity index (χ0n) is 24.1. The van der Waals surface area contributed by atoms with E-state index in [-0.39, 0.29) is 59.3 Å². The fourth-order valence-corrected chi connectivity index (χ4v) is 5.13. The van der Waals surface area contributed by atoms with E-state index in [0.717, 1.165) is 12.8 Å². The smallest absolute Gasteiger partial charge is 0.409 e. The van der Waals surface area contributed by atoms with Crippen LogP contribution in [0.1, 0.15) is 46.0 Å². The van der Waals surface area contributed by atoms with Crippen LogP contribution in [0.4, 0.5) is 14.9 Å². The van der Waals surface area contributed by atoms with Crippen LogP contribution in [0.2, 0.25) is 5.02 Å². The molecule has 0 atom stereocenters. The molecule has 0 aliphatic heterocycles. The molecule has 0 radical (unpaired) electrons. The maximum atomic E-state index is 14.2. The number of Topliss-reactive ketones (excluding diaryl/α,β-unsaturated/α-hetero) is 1. The number of nitrogens with two attached hydrogens (primary N) is 1. The predicted octanol–water partition coefficient (Wildman–Crippen LogP) is 4.65. The predicted molar refractivity (Wildman–Crippen MR) is 165 cm³/mol. The Morgan fingerprint density at radius 3 is 2.53 bits per heavy atom. The van der Waals surface area contributed by atoms with Gasteiger partial charge in [0, 0.05) is 52.1 Å². The highest BCUT2D eigenvalue weighted by Gasteiger charge is 2.34. The number of amides is 4. The number of halogens is 2. The molecule has 1 aliphatic carbocycles. The molecule has 232 valence electrons. The second-order valence-electron chi connectivity index (χ2n) is 10.6. The van der Waals surface area contributed by atoms with E-state index in [0.29, 0.717) is 22.2 Å². The summed E-state index contributed by atoms with van der Waals surface area (Å²) in [5, 5.41) is 5.89. The minimum absolute atomic E-state index is 0.0446. The topological polar surface area (TPSA) is 153 Å². The number of nitrogens with zero attached hydrogens (tertiary/aromatic N) is 2. The number of carbonyl (C=O) groups excluding carboxylic acids is 5. The lowest BCUT2D eigenvalue weighted by molar-refractivity contribution is -0.137. The van der Waals surface area contributed by atoms with Gasteiger partial charge in [-0.25, -0.2) is 9.18 Å². The lowest BCUT2D eigenvalue weighted by Crippen LogP contribution is -2.43. The highest BCUT2D eigenvalue weighted by atomic mass is 35.5. The van der Waals surface area contributed by atoms with Crippen molar-refractivity contribution in [2.45, 2.75) is 38.9 Å². The van der Waals surface area contributed by atoms with E-state index in [1.165, 1.54) is 48.2 Å². The van der Waals surface area contributed by atoms with Gasteiger partial charge in [0.05, 0.1) is 11.6 Å². The molecule has 1 fully saturated rings. The molecule has 5 rings (SSSR count). The summed E-state index contributed by atoms with van der Waals surface area (Å²) < 4.78 is 20.7. The number of hydrogen-bond acceptors (Lipinski definition) is 6. The third kappa shape index (κ3) is 7.47. The molecule has 1 aliphatic rings. The number of anilines is 1. The van der Waals surface area contributed by atoms with Gasteiger partial charge in [-0.05, 0) is 62.2 Å². The van der Waals surface area contributed by atoms with E-state index >= 15 is 0 Å². The number of fused-ring (bicyclic) bond motifs is 1. The second-order valence-corrected chi connectivity index (χ2v) is 11.0. The Morgan fingerprint density at radius 1 is 1.07 bits per heavy atom. The quantitative estimate of drug-likeness (QED) is 0.204. The number of benzene rings is 3. The van der Waals surface area contributed by atoms with Crippen molar-refractivity contribution in [3.8, 4) is 5.75 Å². The van der Waals surface area contributed by atoms with Crippen LogP contribution in [-0.2, 0) is 22.7 Å². The molecule has 4 aromatic rings. The minimum Gasteiger partial charge on any atom is -0.410 e. The first-order valence-electron chi connectivity index (χ1n) is 14.0. The molecule has 0 unspecified atom stereocenters. The first-order chi connectivity index (χ1) is 21.5. The Kier molecular flexibility index (Phi) is 9.14. The monoisotopic (exact) mass is 633 g/mol. The summed E-state index contributed by atoms with van der Waals surface area (Å²) in [6.45, 7) is 0.995. The maximum absolute atomic E-state index is 14.2. The van der Waals surface area contributed by atoms with Gasteiger partial charge >= 0.3 is 6.09 Å². The van der Waals surface area contributed by atoms with E-state index in [4.69, 9.17) is 22.1 Å². The average Bonchev–Trinajstić information content (AvgIpc) is 3.77. The van der Waals surface area contributed by atoms with Gasteiger partial charge in [-0.3, -0.25) is 19.2 Å². The third-order valence-corrected chi connectivity index (χ3v) is 7.56. The molecule has 0 bridgehead atoms. The van der Waals surface area contributed by atoms with E-state index in [9.17, 15) is 28.4 Å². The van der Waals surface area contributed by atoms with Gasteiger partial charge in [0.15, 0.2) is 5.78 Å². The van der Waals surface area contributed by atoms with E-state index in [1.54, 1.807) is 35.0 Å². The number of primary amides is 1. The van der Waals surface area contributed by atoms with Crippen molar-refractivity contribution in [3.05, 3.63) is 94.4 Å². The largest absolute Gasteiger partial charge is 0.410 e. The lowest BCUT2D eigenvalue weighted by Gasteiger charge is -2.22. The minimum atomic E-state index is -1.01. The number of rotatable bonds is 11. The zero-order valence-corrected chi connectivity index (χ0v) is 24.9. The lowest BCUT2D eigenvalue weighted by atomic mass is 10.1. The Bertz CT molecular complexity index is 1840. The molecule has 13 heteroatoms. The Hall–Kier alpha value is -5.23.